The maximum absolute atomic E-state index is 5.63. The predicted octanol–water partition coefficient (Wildman–Crippen LogP) is 1.98. The molecular formula is C13H23N3O2. The normalized spacial score (nSPS) is 24.7. The van der Waals surface area contributed by atoms with Crippen molar-refractivity contribution in [3.63, 3.8) is 0 Å². The highest BCUT2D eigenvalue weighted by molar-refractivity contribution is 5.10. The van der Waals surface area contributed by atoms with Crippen LogP contribution in [0, 0.1) is 0 Å². The van der Waals surface area contributed by atoms with Crippen LogP contribution in [0.15, 0.2) is 4.52 Å². The maximum atomic E-state index is 5.63. The minimum absolute atomic E-state index is 0.0355. The van der Waals surface area contributed by atoms with E-state index in [1.807, 2.05) is 0 Å². The molecule has 0 aliphatic carbocycles. The van der Waals surface area contributed by atoms with Crippen LogP contribution in [0.5, 0.6) is 0 Å². The lowest BCUT2D eigenvalue weighted by molar-refractivity contribution is -0.0306. The summed E-state index contributed by atoms with van der Waals surface area (Å²) in [7, 11) is 1.71. The summed E-state index contributed by atoms with van der Waals surface area (Å²) >= 11 is 0. The Kier molecular flexibility index (Phi) is 3.73. The molecule has 1 aromatic heterocycles. The van der Waals surface area contributed by atoms with Crippen LogP contribution < -0.4 is 5.32 Å². The van der Waals surface area contributed by atoms with Crippen molar-refractivity contribution in [3.8, 4) is 0 Å². The Balaban J connectivity index is 2.29. The van der Waals surface area contributed by atoms with Gasteiger partial charge in [0.05, 0.1) is 5.41 Å². The fourth-order valence-corrected chi connectivity index (χ4v) is 2.60. The average molecular weight is 253 g/mol. The molecule has 0 aromatic carbocycles. The minimum atomic E-state index is -0.413. The third kappa shape index (κ3) is 2.06. The molecule has 2 rings (SSSR count). The first-order chi connectivity index (χ1) is 8.60. The number of hydrogen-bond donors (Lipinski definition) is 1. The average Bonchev–Trinajstić information content (AvgIpc) is 3.02. The topological polar surface area (TPSA) is 60.2 Å². The fraction of sp³-hybridized carbons (Fsp3) is 0.846. The highest BCUT2D eigenvalue weighted by Gasteiger charge is 2.39. The van der Waals surface area contributed by atoms with E-state index in [-0.39, 0.29) is 5.41 Å². The second-order valence-electron chi connectivity index (χ2n) is 5.32. The molecule has 0 radical (unpaired) electrons. The molecule has 0 spiro atoms. The monoisotopic (exact) mass is 253 g/mol. The molecule has 1 aliphatic heterocycles. The van der Waals surface area contributed by atoms with E-state index < -0.39 is 5.60 Å². The highest BCUT2D eigenvalue weighted by Crippen LogP contribution is 2.34. The van der Waals surface area contributed by atoms with Gasteiger partial charge in [-0.15, -0.1) is 0 Å². The molecule has 1 N–H and O–H groups in total. The van der Waals surface area contributed by atoms with Crippen molar-refractivity contribution in [1.82, 2.24) is 15.5 Å². The van der Waals surface area contributed by atoms with Gasteiger partial charge in [-0.25, -0.2) is 0 Å². The van der Waals surface area contributed by atoms with Crippen LogP contribution in [0.4, 0.5) is 0 Å². The molecule has 102 valence electrons. The zero-order chi connectivity index (χ0) is 13.2. The van der Waals surface area contributed by atoms with Gasteiger partial charge in [-0.2, -0.15) is 4.98 Å². The van der Waals surface area contributed by atoms with Crippen LogP contribution in [0.2, 0.25) is 0 Å². The van der Waals surface area contributed by atoms with Gasteiger partial charge in [0, 0.05) is 13.7 Å². The molecule has 1 atom stereocenters. The summed E-state index contributed by atoms with van der Waals surface area (Å²) in [5.41, 5.74) is -0.448. The number of nitrogens with one attached hydrogen (secondary N) is 1. The van der Waals surface area contributed by atoms with E-state index >= 15 is 0 Å². The third-order valence-electron chi connectivity index (χ3n) is 4.25. The van der Waals surface area contributed by atoms with Gasteiger partial charge in [0.15, 0.2) is 0 Å². The van der Waals surface area contributed by atoms with Crippen LogP contribution in [0.3, 0.4) is 0 Å². The SMILES string of the molecule is CCC(CC)(OC)c1noc(C2(C)CCNC2)n1. The van der Waals surface area contributed by atoms with E-state index in [4.69, 9.17) is 9.26 Å². The van der Waals surface area contributed by atoms with Crippen molar-refractivity contribution in [2.45, 2.75) is 51.0 Å². The van der Waals surface area contributed by atoms with E-state index in [0.717, 1.165) is 38.2 Å². The molecule has 5 heteroatoms. The summed E-state index contributed by atoms with van der Waals surface area (Å²) in [6, 6.07) is 0. The van der Waals surface area contributed by atoms with E-state index in [2.05, 4.69) is 36.2 Å². The number of ether oxygens (including phenoxy) is 1. The molecule has 1 aromatic rings. The van der Waals surface area contributed by atoms with Crippen molar-refractivity contribution in [3.05, 3.63) is 11.7 Å². The summed E-state index contributed by atoms with van der Waals surface area (Å²) in [6.45, 7) is 8.23. The number of hydrogen-bond acceptors (Lipinski definition) is 5. The highest BCUT2D eigenvalue weighted by atomic mass is 16.5. The first-order valence-electron chi connectivity index (χ1n) is 6.71. The summed E-state index contributed by atoms with van der Waals surface area (Å²) in [6.07, 6.45) is 2.72. The van der Waals surface area contributed by atoms with Gasteiger partial charge >= 0.3 is 0 Å². The molecule has 1 unspecified atom stereocenters. The fourth-order valence-electron chi connectivity index (χ4n) is 2.60. The van der Waals surface area contributed by atoms with E-state index in [1.54, 1.807) is 7.11 Å². The third-order valence-corrected chi connectivity index (χ3v) is 4.25. The van der Waals surface area contributed by atoms with Crippen molar-refractivity contribution in [2.75, 3.05) is 20.2 Å². The Hall–Kier alpha value is -0.940. The summed E-state index contributed by atoms with van der Waals surface area (Å²) in [5.74, 6) is 1.41. The molecular weight excluding hydrogens is 230 g/mol. The number of aromatic nitrogens is 2. The lowest BCUT2D eigenvalue weighted by Crippen LogP contribution is -2.29. The summed E-state index contributed by atoms with van der Waals surface area (Å²) in [4.78, 5) is 4.61. The van der Waals surface area contributed by atoms with Gasteiger partial charge in [0.2, 0.25) is 11.7 Å². The van der Waals surface area contributed by atoms with Crippen LogP contribution in [-0.2, 0) is 15.8 Å². The second kappa shape index (κ2) is 4.97. The zero-order valence-electron chi connectivity index (χ0n) is 11.7. The first kappa shape index (κ1) is 13.5. The number of methoxy groups -OCH3 is 1. The van der Waals surface area contributed by atoms with Crippen molar-refractivity contribution < 1.29 is 9.26 Å². The minimum Gasteiger partial charge on any atom is -0.370 e. The van der Waals surface area contributed by atoms with Crippen molar-refractivity contribution in [2.24, 2.45) is 0 Å². The molecule has 2 heterocycles. The Bertz CT molecular complexity index is 384. The lowest BCUT2D eigenvalue weighted by Gasteiger charge is -2.26. The second-order valence-corrected chi connectivity index (χ2v) is 5.32. The molecule has 1 aliphatic rings. The predicted molar refractivity (Wildman–Crippen MR) is 68.4 cm³/mol. The van der Waals surface area contributed by atoms with Gasteiger partial charge in [0.1, 0.15) is 5.60 Å². The molecule has 5 nitrogen and oxygen atoms in total. The van der Waals surface area contributed by atoms with Crippen LogP contribution in [-0.4, -0.2) is 30.3 Å². The number of rotatable bonds is 5. The summed E-state index contributed by atoms with van der Waals surface area (Å²) in [5, 5.41) is 7.49. The lowest BCUT2D eigenvalue weighted by atomic mass is 9.89. The van der Waals surface area contributed by atoms with Crippen molar-refractivity contribution in [1.29, 1.82) is 0 Å². The molecule has 18 heavy (non-hydrogen) atoms. The van der Waals surface area contributed by atoms with Gasteiger partial charge < -0.3 is 14.6 Å². The van der Waals surface area contributed by atoms with Crippen LogP contribution in [0.1, 0.15) is 51.7 Å². The van der Waals surface area contributed by atoms with E-state index in [1.165, 1.54) is 0 Å². The standard InChI is InChI=1S/C13H23N3O2/c1-5-13(6-2,17-4)10-15-11(18-16-10)12(3)7-8-14-9-12/h14H,5-9H2,1-4H3. The van der Waals surface area contributed by atoms with Gasteiger partial charge in [-0.3, -0.25) is 0 Å². The zero-order valence-corrected chi connectivity index (χ0v) is 11.7. The van der Waals surface area contributed by atoms with Gasteiger partial charge in [-0.05, 0) is 32.7 Å². The quantitative estimate of drug-likeness (QED) is 0.869. The smallest absolute Gasteiger partial charge is 0.234 e. The summed E-state index contributed by atoms with van der Waals surface area (Å²) < 4.78 is 11.1. The molecule has 1 saturated heterocycles. The van der Waals surface area contributed by atoms with Gasteiger partial charge in [0.25, 0.3) is 0 Å². The maximum Gasteiger partial charge on any atom is 0.234 e. The van der Waals surface area contributed by atoms with E-state index in [9.17, 15) is 0 Å². The van der Waals surface area contributed by atoms with E-state index in [0.29, 0.717) is 5.82 Å². The Morgan fingerprint density at radius 1 is 1.44 bits per heavy atom. The molecule has 0 bridgehead atoms. The number of nitrogens with zero attached hydrogens (tertiary/aromatic N) is 2. The molecule has 0 amide bonds. The first-order valence-corrected chi connectivity index (χ1v) is 6.71. The Labute approximate surface area is 108 Å². The van der Waals surface area contributed by atoms with Crippen molar-refractivity contribution >= 4 is 0 Å². The Morgan fingerprint density at radius 2 is 2.17 bits per heavy atom. The Morgan fingerprint density at radius 3 is 2.67 bits per heavy atom. The van der Waals surface area contributed by atoms with Crippen LogP contribution >= 0.6 is 0 Å². The molecule has 1 fully saturated rings. The molecule has 0 saturated carbocycles. The van der Waals surface area contributed by atoms with Crippen LogP contribution in [0.25, 0.3) is 0 Å². The largest absolute Gasteiger partial charge is 0.370 e. The van der Waals surface area contributed by atoms with Gasteiger partial charge in [-0.1, -0.05) is 19.0 Å².